The molecule has 0 bridgehead atoms. The molecule has 5 heteroatoms. The molecule has 0 aliphatic carbocycles. The highest BCUT2D eigenvalue weighted by Gasteiger charge is 2.01. The molecule has 2 N–H and O–H groups in total. The van der Waals surface area contributed by atoms with Gasteiger partial charge in [-0.3, -0.25) is 10.5 Å². The Morgan fingerprint density at radius 3 is 2.11 bits per heavy atom. The van der Waals surface area contributed by atoms with Gasteiger partial charge in [0, 0.05) is 21.4 Å². The fourth-order valence-corrected chi connectivity index (χ4v) is 2.21. The lowest BCUT2D eigenvalue weighted by Gasteiger charge is -2.08. The summed E-state index contributed by atoms with van der Waals surface area (Å²) in [6.07, 6.45) is 0.128. The van der Waals surface area contributed by atoms with Crippen molar-refractivity contribution in [2.45, 2.75) is 6.42 Å². The van der Waals surface area contributed by atoms with E-state index in [0.29, 0.717) is 10.0 Å². The van der Waals surface area contributed by atoms with E-state index in [9.17, 15) is 4.79 Å². The molecule has 0 atom stereocenters. The van der Waals surface area contributed by atoms with Crippen molar-refractivity contribution in [1.29, 1.82) is 0 Å². The molecule has 19 heavy (non-hydrogen) atoms. The average Bonchev–Trinajstić information content (AvgIpc) is 2.29. The highest BCUT2D eigenvalue weighted by atomic mass is 35.5. The lowest BCUT2D eigenvalue weighted by Crippen LogP contribution is -2.02. The number of anilines is 2. The third kappa shape index (κ3) is 4.16. The van der Waals surface area contributed by atoms with Gasteiger partial charge in [0.05, 0.1) is 6.42 Å². The molecule has 97 valence electrons. The highest BCUT2D eigenvalue weighted by molar-refractivity contribution is 6.35. The minimum Gasteiger partial charge on any atom is -0.355 e. The lowest BCUT2D eigenvalue weighted by atomic mass is 10.1. The molecule has 0 saturated heterocycles. The van der Waals surface area contributed by atoms with Crippen molar-refractivity contribution in [3.8, 4) is 0 Å². The summed E-state index contributed by atoms with van der Waals surface area (Å²) in [5.74, 6) is -0.595. The second-order valence-corrected chi connectivity index (χ2v) is 4.95. The summed E-state index contributed by atoms with van der Waals surface area (Å²) < 4.78 is 0. The molecule has 2 aromatic carbocycles. The zero-order valence-corrected chi connectivity index (χ0v) is 11.4. The van der Waals surface area contributed by atoms with Gasteiger partial charge in [-0.25, -0.2) is 0 Å². The summed E-state index contributed by atoms with van der Waals surface area (Å²) >= 11 is 11.8. The number of benzene rings is 2. The Morgan fingerprint density at radius 2 is 1.58 bits per heavy atom. The van der Waals surface area contributed by atoms with Gasteiger partial charge in [0.25, 0.3) is 0 Å². The molecule has 0 aliphatic rings. The first kappa shape index (κ1) is 13.7. The van der Waals surface area contributed by atoms with E-state index in [-0.39, 0.29) is 6.42 Å². The smallest absolute Gasteiger partial charge is 0.242 e. The Labute approximate surface area is 121 Å². The molecule has 0 fully saturated rings. The maximum atomic E-state index is 10.7. The number of carbonyl (C=O) groups is 1. The van der Waals surface area contributed by atoms with Gasteiger partial charge in [-0.15, -0.1) is 0 Å². The number of hydrogen-bond acceptors (Lipinski definition) is 2. The first-order chi connectivity index (χ1) is 9.02. The Bertz CT molecular complexity index is 577. The molecule has 1 radical (unpaired) electrons. The third-order valence-electron chi connectivity index (χ3n) is 2.47. The van der Waals surface area contributed by atoms with Gasteiger partial charge in [-0.2, -0.15) is 0 Å². The highest BCUT2D eigenvalue weighted by Crippen LogP contribution is 2.25. The Hall–Kier alpha value is -1.71. The van der Waals surface area contributed by atoms with E-state index in [0.717, 1.165) is 16.9 Å². The first-order valence-corrected chi connectivity index (χ1v) is 6.35. The summed E-state index contributed by atoms with van der Waals surface area (Å²) in [4.78, 5) is 10.7. The van der Waals surface area contributed by atoms with Crippen LogP contribution in [-0.4, -0.2) is 5.91 Å². The fraction of sp³-hybridized carbons (Fsp3) is 0.0714. The molecule has 0 saturated carbocycles. The zero-order valence-electron chi connectivity index (χ0n) is 9.91. The standard InChI is InChI=1S/C14H11Cl2N2O/c15-10-6-11(16)8-13(7-10)18-12-3-1-9(2-4-12)5-14(17)19/h1-4,6-8,17-18H,5H2. The summed E-state index contributed by atoms with van der Waals surface area (Å²) in [5.41, 5.74) is 9.38. The third-order valence-corrected chi connectivity index (χ3v) is 2.91. The van der Waals surface area contributed by atoms with Crippen molar-refractivity contribution in [2.75, 3.05) is 5.32 Å². The van der Waals surface area contributed by atoms with Crippen LogP contribution in [0.1, 0.15) is 5.56 Å². The van der Waals surface area contributed by atoms with E-state index in [4.69, 9.17) is 28.9 Å². The van der Waals surface area contributed by atoms with Gasteiger partial charge in [0.1, 0.15) is 0 Å². The Balaban J connectivity index is 2.12. The van der Waals surface area contributed by atoms with Crippen molar-refractivity contribution < 1.29 is 4.79 Å². The van der Waals surface area contributed by atoms with E-state index in [1.165, 1.54) is 0 Å². The second-order valence-electron chi connectivity index (χ2n) is 4.08. The van der Waals surface area contributed by atoms with Crippen LogP contribution in [0.2, 0.25) is 10.0 Å². The molecule has 1 amide bonds. The minimum absolute atomic E-state index is 0.128. The van der Waals surface area contributed by atoms with Crippen LogP contribution in [0.4, 0.5) is 11.4 Å². The molecule has 0 aromatic heterocycles. The molecule has 2 aromatic rings. The van der Waals surface area contributed by atoms with Crippen LogP contribution < -0.4 is 11.1 Å². The summed E-state index contributed by atoms with van der Waals surface area (Å²) in [7, 11) is 0. The topological polar surface area (TPSA) is 52.9 Å². The molecular weight excluding hydrogens is 283 g/mol. The molecule has 0 heterocycles. The number of hydrogen-bond donors (Lipinski definition) is 1. The van der Waals surface area contributed by atoms with Gasteiger partial charge < -0.3 is 5.32 Å². The fourth-order valence-electron chi connectivity index (χ4n) is 1.68. The normalized spacial score (nSPS) is 10.2. The van der Waals surface area contributed by atoms with E-state index in [2.05, 4.69) is 5.32 Å². The van der Waals surface area contributed by atoms with Gasteiger partial charge in [0.2, 0.25) is 5.91 Å². The molecule has 0 spiro atoms. The first-order valence-electron chi connectivity index (χ1n) is 5.59. The predicted octanol–water partition coefficient (Wildman–Crippen LogP) is 4.09. The summed E-state index contributed by atoms with van der Waals surface area (Å²) in [5, 5.41) is 4.29. The number of amides is 1. The molecule has 3 nitrogen and oxygen atoms in total. The Morgan fingerprint density at radius 1 is 1.00 bits per heavy atom. The average molecular weight is 294 g/mol. The van der Waals surface area contributed by atoms with Crippen LogP contribution in [0.25, 0.3) is 0 Å². The van der Waals surface area contributed by atoms with Crippen LogP contribution in [0.15, 0.2) is 42.5 Å². The number of halogens is 2. The van der Waals surface area contributed by atoms with E-state index in [1.54, 1.807) is 30.3 Å². The maximum Gasteiger partial charge on any atom is 0.242 e. The largest absolute Gasteiger partial charge is 0.355 e. The van der Waals surface area contributed by atoms with Gasteiger partial charge in [-0.1, -0.05) is 35.3 Å². The van der Waals surface area contributed by atoms with Crippen molar-refractivity contribution in [1.82, 2.24) is 5.73 Å². The van der Waals surface area contributed by atoms with Gasteiger partial charge >= 0.3 is 0 Å². The van der Waals surface area contributed by atoms with Crippen molar-refractivity contribution in [3.05, 3.63) is 58.1 Å². The summed E-state index contributed by atoms with van der Waals surface area (Å²) in [6, 6.07) is 12.5. The van der Waals surface area contributed by atoms with Crippen LogP contribution in [0, 0.1) is 0 Å². The van der Waals surface area contributed by atoms with Crippen LogP contribution in [-0.2, 0) is 11.2 Å². The van der Waals surface area contributed by atoms with Crippen LogP contribution in [0.3, 0.4) is 0 Å². The van der Waals surface area contributed by atoms with E-state index < -0.39 is 5.91 Å². The molecule has 2 rings (SSSR count). The van der Waals surface area contributed by atoms with Gasteiger partial charge in [-0.05, 0) is 35.9 Å². The van der Waals surface area contributed by atoms with Crippen molar-refractivity contribution in [2.24, 2.45) is 0 Å². The summed E-state index contributed by atoms with van der Waals surface area (Å²) in [6.45, 7) is 0. The van der Waals surface area contributed by atoms with Crippen molar-refractivity contribution >= 4 is 40.5 Å². The SMILES string of the molecule is [NH]C(=O)Cc1ccc(Nc2cc(Cl)cc(Cl)c2)cc1. The molecular formula is C14H11Cl2N2O. The van der Waals surface area contributed by atoms with E-state index >= 15 is 0 Å². The Kier molecular flexibility index (Phi) is 4.30. The maximum absolute atomic E-state index is 10.7. The second kappa shape index (κ2) is 5.95. The van der Waals surface area contributed by atoms with Crippen LogP contribution >= 0.6 is 23.2 Å². The lowest BCUT2D eigenvalue weighted by molar-refractivity contribution is -0.118. The molecule has 0 unspecified atom stereocenters. The van der Waals surface area contributed by atoms with E-state index in [1.807, 2.05) is 12.1 Å². The minimum atomic E-state index is -0.595. The monoisotopic (exact) mass is 293 g/mol. The number of nitrogens with one attached hydrogen (secondary N) is 2. The molecule has 0 aliphatic heterocycles. The predicted molar refractivity (Wildman–Crippen MR) is 78.0 cm³/mol. The van der Waals surface area contributed by atoms with Crippen LogP contribution in [0.5, 0.6) is 0 Å². The number of carbonyl (C=O) groups excluding carboxylic acids is 1. The van der Waals surface area contributed by atoms with Gasteiger partial charge in [0.15, 0.2) is 0 Å². The quantitative estimate of drug-likeness (QED) is 0.923. The van der Waals surface area contributed by atoms with Crippen molar-refractivity contribution in [3.63, 3.8) is 0 Å². The zero-order chi connectivity index (χ0) is 13.8. The number of rotatable bonds is 4.